The summed E-state index contributed by atoms with van der Waals surface area (Å²) in [4.78, 5) is 12.7. The van der Waals surface area contributed by atoms with Crippen LogP contribution in [0.3, 0.4) is 0 Å². The molecular weight excluding hydrogens is 363 g/mol. The van der Waals surface area contributed by atoms with Crippen molar-refractivity contribution in [2.75, 3.05) is 11.4 Å². The van der Waals surface area contributed by atoms with Gasteiger partial charge in [0.2, 0.25) is 0 Å². The number of hydrogen-bond acceptors (Lipinski definition) is 4. The van der Waals surface area contributed by atoms with Crippen molar-refractivity contribution in [3.8, 4) is 0 Å². The Labute approximate surface area is 150 Å². The number of hydrogen-bond donors (Lipinski definition) is 1. The second kappa shape index (κ2) is 7.13. The summed E-state index contributed by atoms with van der Waals surface area (Å²) in [5.41, 5.74) is 0.351. The normalized spacial score (nSPS) is 15.3. The Morgan fingerprint density at radius 2 is 1.88 bits per heavy atom. The second-order valence-corrected chi connectivity index (χ2v) is 8.93. The third kappa shape index (κ3) is 3.85. The smallest absolute Gasteiger partial charge is 0.264 e. The fourth-order valence-electron chi connectivity index (χ4n) is 2.85. The Bertz CT molecular complexity index is 856. The first-order valence-corrected chi connectivity index (χ1v) is 10.3. The minimum absolute atomic E-state index is 0.0564. The fraction of sp³-hybridized carbons (Fsp3) is 0.353. The van der Waals surface area contributed by atoms with Gasteiger partial charge in [-0.25, -0.2) is 12.8 Å². The molecule has 1 saturated carbocycles. The molecule has 0 radical (unpaired) electrons. The van der Waals surface area contributed by atoms with E-state index in [-0.39, 0.29) is 16.8 Å². The number of carbonyl (C=O) groups excluding carboxylic acids is 1. The highest BCUT2D eigenvalue weighted by Crippen LogP contribution is 2.26. The van der Waals surface area contributed by atoms with Gasteiger partial charge in [-0.3, -0.25) is 9.10 Å². The molecule has 1 fully saturated rings. The van der Waals surface area contributed by atoms with Crippen molar-refractivity contribution < 1.29 is 17.6 Å². The van der Waals surface area contributed by atoms with Crippen LogP contribution < -0.4 is 9.62 Å². The van der Waals surface area contributed by atoms with Crippen LogP contribution in [-0.4, -0.2) is 27.4 Å². The lowest BCUT2D eigenvalue weighted by atomic mass is 10.2. The number of halogens is 1. The lowest BCUT2D eigenvalue weighted by molar-refractivity contribution is 0.0942. The van der Waals surface area contributed by atoms with Gasteiger partial charge >= 0.3 is 0 Å². The molecule has 1 aliphatic carbocycles. The van der Waals surface area contributed by atoms with Crippen molar-refractivity contribution in [2.24, 2.45) is 0 Å². The molecule has 1 amide bonds. The van der Waals surface area contributed by atoms with E-state index in [1.165, 1.54) is 42.8 Å². The molecule has 1 aliphatic rings. The Balaban J connectivity index is 1.77. The number of nitrogens with one attached hydrogen (secondary N) is 1. The lowest BCUT2D eigenvalue weighted by Crippen LogP contribution is -2.32. The van der Waals surface area contributed by atoms with Gasteiger partial charge in [0.15, 0.2) is 0 Å². The van der Waals surface area contributed by atoms with Crippen LogP contribution in [0.1, 0.15) is 35.4 Å². The quantitative estimate of drug-likeness (QED) is 0.862. The van der Waals surface area contributed by atoms with Crippen LogP contribution in [0.4, 0.5) is 10.1 Å². The average molecular weight is 382 g/mol. The summed E-state index contributed by atoms with van der Waals surface area (Å²) in [7, 11) is -2.40. The highest BCUT2D eigenvalue weighted by molar-refractivity contribution is 7.93. The van der Waals surface area contributed by atoms with Gasteiger partial charge in [0.1, 0.15) is 5.82 Å². The summed E-state index contributed by atoms with van der Waals surface area (Å²) in [6.07, 6.45) is 4.15. The van der Waals surface area contributed by atoms with Gasteiger partial charge < -0.3 is 5.32 Å². The number of amides is 1. The summed E-state index contributed by atoms with van der Waals surface area (Å²) in [5.74, 6) is -0.668. The first-order chi connectivity index (χ1) is 11.9. The van der Waals surface area contributed by atoms with Crippen LogP contribution in [0.25, 0.3) is 0 Å². The Kier molecular flexibility index (Phi) is 5.10. The van der Waals surface area contributed by atoms with Crippen molar-refractivity contribution in [1.29, 1.82) is 0 Å². The SMILES string of the molecule is CN(c1ccc(F)cc1)S(=O)(=O)c1csc(C(=O)NC2CCCC2)c1. The Morgan fingerprint density at radius 3 is 2.52 bits per heavy atom. The zero-order chi connectivity index (χ0) is 18.0. The molecule has 1 aromatic carbocycles. The van der Waals surface area contributed by atoms with E-state index in [0.29, 0.717) is 10.6 Å². The minimum Gasteiger partial charge on any atom is -0.349 e. The number of sulfonamides is 1. The van der Waals surface area contributed by atoms with Crippen molar-refractivity contribution in [3.63, 3.8) is 0 Å². The molecule has 5 nitrogen and oxygen atoms in total. The molecule has 1 heterocycles. The summed E-state index contributed by atoms with van der Waals surface area (Å²) < 4.78 is 39.5. The molecule has 3 rings (SSSR count). The summed E-state index contributed by atoms with van der Waals surface area (Å²) in [5, 5.41) is 4.41. The lowest BCUT2D eigenvalue weighted by Gasteiger charge is -2.18. The van der Waals surface area contributed by atoms with Gasteiger partial charge in [0, 0.05) is 18.5 Å². The van der Waals surface area contributed by atoms with Crippen molar-refractivity contribution >= 4 is 33.0 Å². The molecule has 0 saturated heterocycles. The van der Waals surface area contributed by atoms with Crippen molar-refractivity contribution in [1.82, 2.24) is 5.32 Å². The molecular formula is C17H19FN2O3S2. The molecule has 2 aromatic rings. The molecule has 25 heavy (non-hydrogen) atoms. The predicted octanol–water partition coefficient (Wildman–Crippen LogP) is 3.38. The van der Waals surface area contributed by atoms with Crippen molar-refractivity contribution in [2.45, 2.75) is 36.6 Å². The maximum atomic E-state index is 13.0. The maximum Gasteiger partial charge on any atom is 0.264 e. The number of nitrogens with zero attached hydrogens (tertiary/aromatic N) is 1. The standard InChI is InChI=1S/C17H19FN2O3S2/c1-20(14-8-6-12(18)7-9-14)25(22,23)15-10-16(24-11-15)17(21)19-13-4-2-3-5-13/h6-11,13H,2-5H2,1H3,(H,19,21). The first-order valence-electron chi connectivity index (χ1n) is 8.02. The zero-order valence-electron chi connectivity index (χ0n) is 13.7. The Hall–Kier alpha value is -1.93. The zero-order valence-corrected chi connectivity index (χ0v) is 15.4. The monoisotopic (exact) mass is 382 g/mol. The van der Waals surface area contributed by atoms with Crippen molar-refractivity contribution in [3.05, 3.63) is 46.4 Å². The van der Waals surface area contributed by atoms with Crippen LogP contribution >= 0.6 is 11.3 Å². The van der Waals surface area contributed by atoms with E-state index >= 15 is 0 Å². The third-order valence-corrected chi connectivity index (χ3v) is 7.18. The van der Waals surface area contributed by atoms with Gasteiger partial charge in [-0.15, -0.1) is 11.3 Å². The van der Waals surface area contributed by atoms with E-state index in [1.54, 1.807) is 0 Å². The van der Waals surface area contributed by atoms with E-state index in [2.05, 4.69) is 5.32 Å². The topological polar surface area (TPSA) is 66.5 Å². The average Bonchev–Trinajstić information content (AvgIpc) is 3.26. The molecule has 8 heteroatoms. The number of anilines is 1. The van der Waals surface area contributed by atoms with E-state index in [1.807, 2.05) is 0 Å². The van der Waals surface area contributed by atoms with Crippen LogP contribution in [-0.2, 0) is 10.0 Å². The first kappa shape index (κ1) is 17.9. The van der Waals surface area contributed by atoms with Gasteiger partial charge in [-0.1, -0.05) is 12.8 Å². The third-order valence-electron chi connectivity index (χ3n) is 4.34. The Morgan fingerprint density at radius 1 is 1.24 bits per heavy atom. The number of thiophene rings is 1. The summed E-state index contributed by atoms with van der Waals surface area (Å²) in [6, 6.07) is 6.77. The maximum absolute atomic E-state index is 13.0. The minimum atomic E-state index is -3.80. The van der Waals surface area contributed by atoms with Gasteiger partial charge in [0.05, 0.1) is 15.5 Å². The van der Waals surface area contributed by atoms with E-state index < -0.39 is 15.8 Å². The number of carbonyl (C=O) groups is 1. The molecule has 0 aliphatic heterocycles. The number of rotatable bonds is 5. The highest BCUT2D eigenvalue weighted by atomic mass is 32.2. The molecule has 0 bridgehead atoms. The van der Waals surface area contributed by atoms with E-state index in [4.69, 9.17) is 0 Å². The fourth-order valence-corrected chi connectivity index (χ4v) is 5.21. The molecule has 0 spiro atoms. The van der Waals surface area contributed by atoms with Crippen LogP contribution in [0.15, 0.2) is 40.6 Å². The number of benzene rings is 1. The molecule has 1 aromatic heterocycles. The summed E-state index contributed by atoms with van der Waals surface area (Å²) in [6.45, 7) is 0. The van der Waals surface area contributed by atoms with Gasteiger partial charge in [-0.05, 0) is 43.2 Å². The molecule has 0 atom stereocenters. The molecule has 134 valence electrons. The van der Waals surface area contributed by atoms with E-state index in [9.17, 15) is 17.6 Å². The van der Waals surface area contributed by atoms with E-state index in [0.717, 1.165) is 41.3 Å². The molecule has 1 N–H and O–H groups in total. The summed E-state index contributed by atoms with van der Waals surface area (Å²) >= 11 is 1.11. The predicted molar refractivity (Wildman–Crippen MR) is 96.0 cm³/mol. The highest BCUT2D eigenvalue weighted by Gasteiger charge is 2.25. The largest absolute Gasteiger partial charge is 0.349 e. The van der Waals surface area contributed by atoms with Gasteiger partial charge in [0.25, 0.3) is 15.9 Å². The second-order valence-electron chi connectivity index (χ2n) is 6.05. The van der Waals surface area contributed by atoms with Crippen LogP contribution in [0.5, 0.6) is 0 Å². The van der Waals surface area contributed by atoms with Crippen LogP contribution in [0.2, 0.25) is 0 Å². The van der Waals surface area contributed by atoms with Gasteiger partial charge in [-0.2, -0.15) is 0 Å². The molecule has 0 unspecified atom stereocenters. The van der Waals surface area contributed by atoms with Crippen LogP contribution in [0, 0.1) is 5.82 Å².